The number of benzene rings is 1. The van der Waals surface area contributed by atoms with Gasteiger partial charge in [0.1, 0.15) is 16.4 Å². The Kier molecular flexibility index (Phi) is 5.78. The molecule has 0 spiro atoms. The predicted octanol–water partition coefficient (Wildman–Crippen LogP) is 2.20. The van der Waals surface area contributed by atoms with Crippen molar-refractivity contribution in [1.29, 1.82) is 0 Å². The zero-order valence-electron chi connectivity index (χ0n) is 16.6. The van der Waals surface area contributed by atoms with E-state index in [-0.39, 0.29) is 53.7 Å². The van der Waals surface area contributed by atoms with Gasteiger partial charge in [0.25, 0.3) is 5.91 Å². The van der Waals surface area contributed by atoms with E-state index in [0.717, 1.165) is 0 Å². The molecule has 1 atom stereocenters. The van der Waals surface area contributed by atoms with Crippen molar-refractivity contribution in [3.8, 4) is 5.75 Å². The van der Waals surface area contributed by atoms with Crippen LogP contribution in [0, 0.1) is 0 Å². The number of carbonyl (C=O) groups excluding carboxylic acids is 2. The summed E-state index contributed by atoms with van der Waals surface area (Å²) in [6.45, 7) is 2.31. The Morgan fingerprint density at radius 1 is 1.26 bits per heavy atom. The molecule has 3 heterocycles. The van der Waals surface area contributed by atoms with Gasteiger partial charge in [0, 0.05) is 38.3 Å². The molecule has 0 unspecified atom stereocenters. The van der Waals surface area contributed by atoms with Crippen molar-refractivity contribution in [2.45, 2.75) is 17.9 Å². The van der Waals surface area contributed by atoms with E-state index in [1.807, 2.05) is 0 Å². The summed E-state index contributed by atoms with van der Waals surface area (Å²) in [7, 11) is -3.92. The highest BCUT2D eigenvalue weighted by molar-refractivity contribution is 7.89. The van der Waals surface area contributed by atoms with Gasteiger partial charge in [-0.25, -0.2) is 8.42 Å². The van der Waals surface area contributed by atoms with Crippen molar-refractivity contribution in [3.05, 3.63) is 47.4 Å². The zero-order chi connectivity index (χ0) is 22.2. The van der Waals surface area contributed by atoms with Gasteiger partial charge in [-0.1, -0.05) is 11.6 Å². The van der Waals surface area contributed by atoms with Gasteiger partial charge >= 0.3 is 0 Å². The van der Waals surface area contributed by atoms with Gasteiger partial charge < -0.3 is 19.4 Å². The number of nitrogens with one attached hydrogen (secondary N) is 1. The maximum atomic E-state index is 13.2. The van der Waals surface area contributed by atoms with Crippen molar-refractivity contribution in [1.82, 2.24) is 9.21 Å². The molecular formula is C20H20ClN3O6S. The van der Waals surface area contributed by atoms with Crippen LogP contribution in [0.15, 0.2) is 45.9 Å². The molecule has 2 amide bonds. The summed E-state index contributed by atoms with van der Waals surface area (Å²) in [5.41, 5.74) is 0.325. The number of carbonyl (C=O) groups is 2. The van der Waals surface area contributed by atoms with Crippen LogP contribution in [0.25, 0.3) is 6.08 Å². The molecule has 1 aromatic carbocycles. The Balaban J connectivity index is 1.46. The average molecular weight is 466 g/mol. The summed E-state index contributed by atoms with van der Waals surface area (Å²) >= 11 is 6.22. The number of halogens is 1. The summed E-state index contributed by atoms with van der Waals surface area (Å²) in [5.74, 6) is 0.246. The first-order chi connectivity index (χ1) is 14.8. The fourth-order valence-corrected chi connectivity index (χ4v) is 5.28. The predicted molar refractivity (Wildman–Crippen MR) is 113 cm³/mol. The second-order valence-electron chi connectivity index (χ2n) is 7.11. The highest BCUT2D eigenvalue weighted by Crippen LogP contribution is 2.38. The van der Waals surface area contributed by atoms with Crippen LogP contribution in [0.5, 0.6) is 5.75 Å². The molecule has 0 saturated carbocycles. The van der Waals surface area contributed by atoms with Gasteiger partial charge in [0.2, 0.25) is 15.9 Å². The number of amides is 2. The topological polar surface area (TPSA) is 109 Å². The maximum Gasteiger partial charge on any atom is 0.265 e. The van der Waals surface area contributed by atoms with Crippen molar-refractivity contribution < 1.29 is 27.2 Å². The number of hydrogen-bond acceptors (Lipinski definition) is 6. The van der Waals surface area contributed by atoms with Gasteiger partial charge in [-0.3, -0.25) is 9.59 Å². The summed E-state index contributed by atoms with van der Waals surface area (Å²) in [4.78, 5) is 25.6. The van der Waals surface area contributed by atoms with Gasteiger partial charge in [0.05, 0.1) is 17.0 Å². The number of sulfonamides is 1. The molecule has 0 bridgehead atoms. The van der Waals surface area contributed by atoms with E-state index in [1.165, 1.54) is 28.8 Å². The van der Waals surface area contributed by atoms with E-state index in [0.29, 0.717) is 11.4 Å². The van der Waals surface area contributed by atoms with E-state index in [1.54, 1.807) is 30.0 Å². The number of piperazine rings is 1. The van der Waals surface area contributed by atoms with E-state index < -0.39 is 16.1 Å². The molecule has 1 fully saturated rings. The number of fused-ring (bicyclic) bond motifs is 1. The lowest BCUT2D eigenvalue weighted by atomic mass is 10.2. The fourth-order valence-electron chi connectivity index (χ4n) is 3.34. The summed E-state index contributed by atoms with van der Waals surface area (Å²) in [6.07, 6.45) is 3.74. The Morgan fingerprint density at radius 3 is 2.68 bits per heavy atom. The monoisotopic (exact) mass is 465 g/mol. The minimum absolute atomic E-state index is 0.0166. The number of ether oxygens (including phenoxy) is 1. The van der Waals surface area contributed by atoms with Crippen LogP contribution >= 0.6 is 11.6 Å². The van der Waals surface area contributed by atoms with Crippen molar-refractivity contribution in [2.24, 2.45) is 0 Å². The van der Waals surface area contributed by atoms with Crippen LogP contribution in [-0.2, 0) is 19.6 Å². The van der Waals surface area contributed by atoms with Crippen LogP contribution in [0.1, 0.15) is 12.7 Å². The molecular weight excluding hydrogens is 446 g/mol. The first kappa shape index (κ1) is 21.4. The second-order valence-corrected chi connectivity index (χ2v) is 9.42. The average Bonchev–Trinajstić information content (AvgIpc) is 3.26. The third-order valence-corrected chi connectivity index (χ3v) is 7.43. The molecule has 9 nitrogen and oxygen atoms in total. The minimum atomic E-state index is -3.92. The molecule has 2 aliphatic rings. The van der Waals surface area contributed by atoms with E-state index >= 15 is 0 Å². The SMILES string of the molecule is C[C@H]1Oc2cc(S(=O)(=O)N3CCN(C(=O)/C=C/c4ccco4)CC3)c(Cl)cc2NC1=O. The Labute approximate surface area is 184 Å². The van der Waals surface area contributed by atoms with Gasteiger partial charge in [-0.2, -0.15) is 4.31 Å². The quantitative estimate of drug-likeness (QED) is 0.693. The first-order valence-electron chi connectivity index (χ1n) is 9.57. The molecule has 11 heteroatoms. The largest absolute Gasteiger partial charge is 0.479 e. The summed E-state index contributed by atoms with van der Waals surface area (Å²) in [6, 6.07) is 6.14. The number of nitrogens with zero attached hydrogens (tertiary/aromatic N) is 2. The molecule has 2 aliphatic heterocycles. The van der Waals surface area contributed by atoms with Crippen molar-refractivity contribution in [3.63, 3.8) is 0 Å². The molecule has 1 saturated heterocycles. The first-order valence-corrected chi connectivity index (χ1v) is 11.4. The molecule has 1 aromatic heterocycles. The molecule has 31 heavy (non-hydrogen) atoms. The highest BCUT2D eigenvalue weighted by atomic mass is 35.5. The smallest absolute Gasteiger partial charge is 0.265 e. The van der Waals surface area contributed by atoms with Crippen LogP contribution in [0.2, 0.25) is 5.02 Å². The summed E-state index contributed by atoms with van der Waals surface area (Å²) < 4.78 is 38.3. The molecule has 0 radical (unpaired) electrons. The number of hydrogen-bond donors (Lipinski definition) is 1. The molecule has 164 valence electrons. The van der Waals surface area contributed by atoms with E-state index in [2.05, 4.69) is 5.32 Å². The lowest BCUT2D eigenvalue weighted by Crippen LogP contribution is -2.50. The van der Waals surface area contributed by atoms with Crippen LogP contribution in [0.4, 0.5) is 5.69 Å². The summed E-state index contributed by atoms with van der Waals surface area (Å²) in [5, 5.41) is 2.62. The van der Waals surface area contributed by atoms with Crippen molar-refractivity contribution >= 4 is 45.2 Å². The Bertz CT molecular complexity index is 1140. The van der Waals surface area contributed by atoms with E-state index in [4.69, 9.17) is 20.8 Å². The lowest BCUT2D eigenvalue weighted by Gasteiger charge is -2.34. The second kappa shape index (κ2) is 8.37. The Morgan fingerprint density at radius 2 is 2.00 bits per heavy atom. The molecule has 2 aromatic rings. The number of rotatable bonds is 4. The molecule has 0 aliphatic carbocycles. The highest BCUT2D eigenvalue weighted by Gasteiger charge is 2.33. The van der Waals surface area contributed by atoms with Gasteiger partial charge in [-0.15, -0.1) is 0 Å². The maximum absolute atomic E-state index is 13.2. The Hall–Kier alpha value is -2.82. The third-order valence-electron chi connectivity index (χ3n) is 5.07. The third kappa shape index (κ3) is 4.32. The zero-order valence-corrected chi connectivity index (χ0v) is 18.1. The van der Waals surface area contributed by atoms with Crippen LogP contribution in [-0.4, -0.2) is 61.7 Å². The van der Waals surface area contributed by atoms with Gasteiger partial charge in [-0.05, 0) is 31.2 Å². The van der Waals surface area contributed by atoms with Crippen LogP contribution in [0.3, 0.4) is 0 Å². The van der Waals surface area contributed by atoms with Gasteiger partial charge in [0.15, 0.2) is 6.10 Å². The van der Waals surface area contributed by atoms with Crippen LogP contribution < -0.4 is 10.1 Å². The van der Waals surface area contributed by atoms with E-state index in [9.17, 15) is 18.0 Å². The normalized spacial score (nSPS) is 19.7. The lowest BCUT2D eigenvalue weighted by molar-refractivity contribution is -0.127. The number of anilines is 1. The fraction of sp³-hybridized carbons (Fsp3) is 0.300. The molecule has 4 rings (SSSR count). The van der Waals surface area contributed by atoms with Crippen molar-refractivity contribution in [2.75, 3.05) is 31.5 Å². The number of furan rings is 1. The minimum Gasteiger partial charge on any atom is -0.479 e. The standard InChI is InChI=1S/C20H20ClN3O6S/c1-13-20(26)22-16-11-15(21)18(12-17(16)30-13)31(27,28)24-8-6-23(7-9-24)19(25)5-4-14-3-2-10-29-14/h2-5,10-13H,6-9H2,1H3,(H,22,26)/b5-4+/t13-/m1/s1. The molecule has 1 N–H and O–H groups in total.